The number of aromatic nitrogens is 3. The molecule has 0 aliphatic heterocycles. The van der Waals surface area contributed by atoms with Gasteiger partial charge in [0.05, 0.1) is 17.9 Å². The zero-order chi connectivity index (χ0) is 14.7. The second kappa shape index (κ2) is 5.85. The molecule has 0 radical (unpaired) electrons. The van der Waals surface area contributed by atoms with E-state index in [-0.39, 0.29) is 0 Å². The SMILES string of the molecule is Cn1c(SCc2cccc(C#N)c2)nnc1-c1ccco1. The molecule has 0 atom stereocenters. The zero-order valence-corrected chi connectivity index (χ0v) is 12.2. The quantitative estimate of drug-likeness (QED) is 0.691. The lowest BCUT2D eigenvalue weighted by molar-refractivity contribution is 0.572. The molecule has 104 valence electrons. The minimum atomic E-state index is 0.669. The van der Waals surface area contributed by atoms with E-state index in [9.17, 15) is 0 Å². The van der Waals surface area contributed by atoms with Crippen LogP contribution in [-0.4, -0.2) is 14.8 Å². The topological polar surface area (TPSA) is 67.6 Å². The monoisotopic (exact) mass is 296 g/mol. The van der Waals surface area contributed by atoms with Crippen LogP contribution in [0.25, 0.3) is 11.6 Å². The van der Waals surface area contributed by atoms with Crippen molar-refractivity contribution in [3.63, 3.8) is 0 Å². The second-order valence-corrected chi connectivity index (χ2v) is 5.39. The Hall–Kier alpha value is -2.52. The lowest BCUT2D eigenvalue weighted by Crippen LogP contribution is -1.94. The van der Waals surface area contributed by atoms with E-state index in [0.29, 0.717) is 17.1 Å². The number of hydrogen-bond donors (Lipinski definition) is 0. The van der Waals surface area contributed by atoms with E-state index in [1.54, 1.807) is 24.1 Å². The Balaban J connectivity index is 1.76. The summed E-state index contributed by atoms with van der Waals surface area (Å²) in [7, 11) is 1.91. The summed E-state index contributed by atoms with van der Waals surface area (Å²) in [6.45, 7) is 0. The molecule has 3 rings (SSSR count). The van der Waals surface area contributed by atoms with E-state index in [2.05, 4.69) is 16.3 Å². The maximum Gasteiger partial charge on any atom is 0.200 e. The number of rotatable bonds is 4. The highest BCUT2D eigenvalue weighted by Gasteiger charge is 2.13. The Kier molecular flexibility index (Phi) is 3.75. The van der Waals surface area contributed by atoms with Crippen LogP contribution >= 0.6 is 11.8 Å². The molecule has 0 saturated heterocycles. The van der Waals surface area contributed by atoms with Gasteiger partial charge in [0.25, 0.3) is 0 Å². The van der Waals surface area contributed by atoms with Crippen LogP contribution in [0.2, 0.25) is 0 Å². The molecule has 0 aliphatic rings. The molecule has 1 aromatic carbocycles. The molecule has 3 aromatic rings. The van der Waals surface area contributed by atoms with Gasteiger partial charge in [-0.25, -0.2) is 0 Å². The van der Waals surface area contributed by atoms with Gasteiger partial charge in [-0.05, 0) is 29.8 Å². The molecule has 0 spiro atoms. The van der Waals surface area contributed by atoms with Gasteiger partial charge in [0.1, 0.15) is 0 Å². The standard InChI is InChI=1S/C15H12N4OS/c1-19-14(13-6-3-7-20-13)17-18-15(19)21-10-12-5-2-4-11(8-12)9-16/h2-8H,10H2,1H3. The number of benzene rings is 1. The molecule has 0 saturated carbocycles. The molecule has 0 unspecified atom stereocenters. The molecule has 5 nitrogen and oxygen atoms in total. The Morgan fingerprint density at radius 2 is 2.19 bits per heavy atom. The van der Waals surface area contributed by atoms with Crippen molar-refractivity contribution in [1.29, 1.82) is 5.26 Å². The van der Waals surface area contributed by atoms with Crippen LogP contribution in [0.5, 0.6) is 0 Å². The van der Waals surface area contributed by atoms with Crippen molar-refractivity contribution in [1.82, 2.24) is 14.8 Å². The second-order valence-electron chi connectivity index (χ2n) is 4.44. The zero-order valence-electron chi connectivity index (χ0n) is 11.4. The highest BCUT2D eigenvalue weighted by molar-refractivity contribution is 7.98. The first-order valence-corrected chi connectivity index (χ1v) is 7.31. The van der Waals surface area contributed by atoms with Crippen LogP contribution in [-0.2, 0) is 12.8 Å². The van der Waals surface area contributed by atoms with Crippen LogP contribution in [0.4, 0.5) is 0 Å². The van der Waals surface area contributed by atoms with Gasteiger partial charge >= 0.3 is 0 Å². The summed E-state index contributed by atoms with van der Waals surface area (Å²) in [5.74, 6) is 2.14. The van der Waals surface area contributed by atoms with Gasteiger partial charge in [-0.2, -0.15) is 5.26 Å². The average Bonchev–Trinajstić information content (AvgIpc) is 3.15. The van der Waals surface area contributed by atoms with Crippen LogP contribution < -0.4 is 0 Å². The molecule has 0 amide bonds. The van der Waals surface area contributed by atoms with Crippen molar-refractivity contribution in [2.45, 2.75) is 10.9 Å². The Morgan fingerprint density at radius 1 is 1.29 bits per heavy atom. The van der Waals surface area contributed by atoms with E-state index in [1.165, 1.54) is 0 Å². The Morgan fingerprint density at radius 3 is 2.95 bits per heavy atom. The van der Waals surface area contributed by atoms with E-state index >= 15 is 0 Å². The average molecular weight is 296 g/mol. The van der Waals surface area contributed by atoms with E-state index in [1.807, 2.05) is 41.9 Å². The fourth-order valence-corrected chi connectivity index (χ4v) is 2.79. The van der Waals surface area contributed by atoms with Gasteiger partial charge in [0.2, 0.25) is 0 Å². The molecular weight excluding hydrogens is 284 g/mol. The van der Waals surface area contributed by atoms with Gasteiger partial charge in [-0.15, -0.1) is 10.2 Å². The van der Waals surface area contributed by atoms with Gasteiger partial charge in [0.15, 0.2) is 16.7 Å². The number of nitriles is 1. The predicted molar refractivity (Wildman–Crippen MR) is 79.4 cm³/mol. The summed E-state index contributed by atoms with van der Waals surface area (Å²) in [5, 5.41) is 18.0. The molecule has 21 heavy (non-hydrogen) atoms. The van der Waals surface area contributed by atoms with Crippen LogP contribution in [0.1, 0.15) is 11.1 Å². The molecule has 0 N–H and O–H groups in total. The summed E-state index contributed by atoms with van der Waals surface area (Å²) in [6.07, 6.45) is 1.62. The lowest BCUT2D eigenvalue weighted by atomic mass is 10.2. The van der Waals surface area contributed by atoms with E-state index < -0.39 is 0 Å². The Bertz CT molecular complexity index is 786. The number of nitrogens with zero attached hydrogens (tertiary/aromatic N) is 4. The third-order valence-corrected chi connectivity index (χ3v) is 4.09. The smallest absolute Gasteiger partial charge is 0.200 e. The predicted octanol–water partition coefficient (Wildman–Crippen LogP) is 3.24. The molecule has 0 fully saturated rings. The first-order chi connectivity index (χ1) is 10.3. The highest BCUT2D eigenvalue weighted by Crippen LogP contribution is 2.25. The number of hydrogen-bond acceptors (Lipinski definition) is 5. The van der Waals surface area contributed by atoms with Crippen molar-refractivity contribution in [2.24, 2.45) is 7.05 Å². The fraction of sp³-hybridized carbons (Fsp3) is 0.133. The van der Waals surface area contributed by atoms with Gasteiger partial charge in [0, 0.05) is 12.8 Å². The van der Waals surface area contributed by atoms with Crippen LogP contribution in [0.15, 0.2) is 52.2 Å². The van der Waals surface area contributed by atoms with Gasteiger partial charge < -0.3 is 8.98 Å². The van der Waals surface area contributed by atoms with Crippen LogP contribution in [0.3, 0.4) is 0 Å². The molecular formula is C15H12N4OS. The molecule has 2 aromatic heterocycles. The minimum absolute atomic E-state index is 0.669. The Labute approximate surface area is 126 Å². The molecule has 2 heterocycles. The number of thioether (sulfide) groups is 1. The summed E-state index contributed by atoms with van der Waals surface area (Å²) in [6, 6.07) is 13.4. The first kappa shape index (κ1) is 13.5. The fourth-order valence-electron chi connectivity index (χ4n) is 1.94. The van der Waals surface area contributed by atoms with Crippen LogP contribution in [0, 0.1) is 11.3 Å². The maximum atomic E-state index is 8.91. The maximum absolute atomic E-state index is 8.91. The summed E-state index contributed by atoms with van der Waals surface area (Å²) >= 11 is 1.58. The van der Waals surface area contributed by atoms with Crippen molar-refractivity contribution in [3.8, 4) is 17.7 Å². The molecule has 6 heteroatoms. The van der Waals surface area contributed by atoms with E-state index in [4.69, 9.17) is 9.68 Å². The summed E-state index contributed by atoms with van der Waals surface area (Å²) in [4.78, 5) is 0. The number of furan rings is 1. The first-order valence-electron chi connectivity index (χ1n) is 6.33. The summed E-state index contributed by atoms with van der Waals surface area (Å²) in [5.41, 5.74) is 1.75. The van der Waals surface area contributed by atoms with E-state index in [0.717, 1.165) is 16.5 Å². The third-order valence-electron chi connectivity index (χ3n) is 3.00. The van der Waals surface area contributed by atoms with Crippen molar-refractivity contribution in [2.75, 3.05) is 0 Å². The minimum Gasteiger partial charge on any atom is -0.461 e. The highest BCUT2D eigenvalue weighted by atomic mass is 32.2. The van der Waals surface area contributed by atoms with Crippen molar-refractivity contribution >= 4 is 11.8 Å². The van der Waals surface area contributed by atoms with Crippen molar-refractivity contribution < 1.29 is 4.42 Å². The van der Waals surface area contributed by atoms with Crippen molar-refractivity contribution in [3.05, 3.63) is 53.8 Å². The molecule has 0 bridgehead atoms. The van der Waals surface area contributed by atoms with Gasteiger partial charge in [-0.1, -0.05) is 23.9 Å². The molecule has 0 aliphatic carbocycles. The lowest BCUT2D eigenvalue weighted by Gasteiger charge is -2.03. The van der Waals surface area contributed by atoms with Gasteiger partial charge in [-0.3, -0.25) is 0 Å². The normalized spacial score (nSPS) is 10.5. The largest absolute Gasteiger partial charge is 0.461 e. The summed E-state index contributed by atoms with van der Waals surface area (Å²) < 4.78 is 7.24. The third kappa shape index (κ3) is 2.83.